The molecular weight excluding hydrogens is 292 g/mol. The van der Waals surface area contributed by atoms with E-state index < -0.39 is 16.2 Å². The van der Waals surface area contributed by atoms with Gasteiger partial charge in [-0.15, -0.1) is 0 Å². The van der Waals surface area contributed by atoms with Crippen LogP contribution < -0.4 is 4.31 Å². The Morgan fingerprint density at radius 3 is 2.19 bits per heavy atom. The van der Waals surface area contributed by atoms with E-state index in [1.165, 1.54) is 11.4 Å². The van der Waals surface area contributed by atoms with Crippen molar-refractivity contribution in [3.63, 3.8) is 0 Å². The van der Waals surface area contributed by atoms with Crippen LogP contribution in [0.25, 0.3) is 0 Å². The quantitative estimate of drug-likeness (QED) is 0.833. The predicted molar refractivity (Wildman–Crippen MR) is 82.6 cm³/mol. The molecule has 0 atom stereocenters. The van der Waals surface area contributed by atoms with Crippen LogP contribution in [-0.4, -0.2) is 43.4 Å². The zero-order valence-electron chi connectivity index (χ0n) is 12.8. The van der Waals surface area contributed by atoms with Gasteiger partial charge < -0.3 is 5.11 Å². The molecule has 0 aromatic heterocycles. The first-order chi connectivity index (χ1) is 9.66. The van der Waals surface area contributed by atoms with Crippen molar-refractivity contribution in [1.29, 1.82) is 0 Å². The Morgan fingerprint density at radius 2 is 1.76 bits per heavy atom. The maximum Gasteiger partial charge on any atom is 0.305 e. The summed E-state index contributed by atoms with van der Waals surface area (Å²) in [5.41, 5.74) is 1.47. The van der Waals surface area contributed by atoms with Gasteiger partial charge in [-0.2, -0.15) is 12.7 Å². The Hall–Kier alpha value is -1.60. The average Bonchev–Trinajstić information content (AvgIpc) is 2.39. The monoisotopic (exact) mass is 314 g/mol. The summed E-state index contributed by atoms with van der Waals surface area (Å²) in [5, 5.41) is 8.83. The minimum atomic E-state index is -3.76. The second-order valence-electron chi connectivity index (χ2n) is 5.17. The molecule has 0 unspecified atom stereocenters. The van der Waals surface area contributed by atoms with Gasteiger partial charge in [-0.25, -0.2) is 0 Å². The fraction of sp³-hybridized carbons (Fsp3) is 0.500. The molecule has 0 aliphatic heterocycles. The summed E-state index contributed by atoms with van der Waals surface area (Å²) in [7, 11) is -2.27. The summed E-state index contributed by atoms with van der Waals surface area (Å²) in [6, 6.07) is 6.75. The largest absolute Gasteiger partial charge is 0.481 e. The van der Waals surface area contributed by atoms with E-state index in [0.29, 0.717) is 5.69 Å². The molecule has 118 valence electrons. The van der Waals surface area contributed by atoms with E-state index in [2.05, 4.69) is 0 Å². The molecule has 0 heterocycles. The van der Waals surface area contributed by atoms with Gasteiger partial charge in [0.25, 0.3) is 0 Å². The Labute approximate surface area is 126 Å². The number of carboxylic acid groups (broad SMARTS) is 1. The SMILES string of the molecule is Cc1ccc(N(CCC(=O)O)S(=O)(=O)N(C)C(C)C)cc1. The summed E-state index contributed by atoms with van der Waals surface area (Å²) in [5.74, 6) is -1.03. The normalized spacial score (nSPS) is 11.9. The molecule has 1 aromatic carbocycles. The maximum absolute atomic E-state index is 12.6. The Bertz CT molecular complexity index is 581. The molecule has 0 saturated carbocycles. The Kier molecular flexibility index (Phi) is 5.74. The van der Waals surface area contributed by atoms with Crippen LogP contribution in [0.15, 0.2) is 24.3 Å². The fourth-order valence-corrected chi connectivity index (χ4v) is 3.26. The van der Waals surface area contributed by atoms with Gasteiger partial charge in [0.1, 0.15) is 0 Å². The molecular formula is C14H22N2O4S. The molecule has 0 saturated heterocycles. The summed E-state index contributed by atoms with van der Waals surface area (Å²) in [4.78, 5) is 10.8. The predicted octanol–water partition coefficient (Wildman–Crippen LogP) is 1.86. The van der Waals surface area contributed by atoms with Crippen molar-refractivity contribution in [2.45, 2.75) is 33.2 Å². The third-order valence-corrected chi connectivity index (χ3v) is 5.32. The number of carbonyl (C=O) groups is 1. The number of aryl methyl sites for hydroxylation is 1. The van der Waals surface area contributed by atoms with Crippen molar-refractivity contribution in [3.05, 3.63) is 29.8 Å². The molecule has 6 nitrogen and oxygen atoms in total. The number of anilines is 1. The van der Waals surface area contributed by atoms with E-state index in [9.17, 15) is 13.2 Å². The van der Waals surface area contributed by atoms with Crippen molar-refractivity contribution >= 4 is 21.9 Å². The third-order valence-electron chi connectivity index (χ3n) is 3.22. The van der Waals surface area contributed by atoms with Crippen LogP contribution in [0.3, 0.4) is 0 Å². The van der Waals surface area contributed by atoms with E-state index in [1.807, 2.05) is 6.92 Å². The van der Waals surface area contributed by atoms with E-state index in [0.717, 1.165) is 9.87 Å². The molecule has 0 aliphatic rings. The van der Waals surface area contributed by atoms with Crippen LogP contribution in [0.4, 0.5) is 5.69 Å². The maximum atomic E-state index is 12.6. The number of benzene rings is 1. The number of carboxylic acids is 1. The molecule has 0 fully saturated rings. The van der Waals surface area contributed by atoms with Gasteiger partial charge in [0.05, 0.1) is 12.1 Å². The fourth-order valence-electron chi connectivity index (χ4n) is 1.71. The van der Waals surface area contributed by atoms with Crippen LogP contribution in [0.2, 0.25) is 0 Å². The smallest absolute Gasteiger partial charge is 0.305 e. The molecule has 0 radical (unpaired) electrons. The number of nitrogens with zero attached hydrogens (tertiary/aromatic N) is 2. The van der Waals surface area contributed by atoms with Crippen molar-refractivity contribution in [2.24, 2.45) is 0 Å². The van der Waals surface area contributed by atoms with Crippen LogP contribution in [0.5, 0.6) is 0 Å². The summed E-state index contributed by atoms with van der Waals surface area (Å²) in [6.45, 7) is 5.34. The zero-order valence-corrected chi connectivity index (χ0v) is 13.6. The molecule has 1 rings (SSSR count). The van der Waals surface area contributed by atoms with E-state index in [-0.39, 0.29) is 19.0 Å². The van der Waals surface area contributed by atoms with Crippen molar-refractivity contribution in [3.8, 4) is 0 Å². The minimum absolute atomic E-state index is 0.0994. The lowest BCUT2D eigenvalue weighted by Crippen LogP contribution is -2.45. The molecule has 1 N–H and O–H groups in total. The second kappa shape index (κ2) is 6.91. The molecule has 0 aliphatic carbocycles. The van der Waals surface area contributed by atoms with Gasteiger partial charge in [0.15, 0.2) is 0 Å². The summed E-state index contributed by atoms with van der Waals surface area (Å²) in [6.07, 6.45) is -0.251. The highest BCUT2D eigenvalue weighted by Crippen LogP contribution is 2.22. The van der Waals surface area contributed by atoms with Crippen LogP contribution in [0, 0.1) is 6.92 Å². The molecule has 7 heteroatoms. The standard InChI is InChI=1S/C14H22N2O4S/c1-11(2)15(4)21(19,20)16(10-9-14(17)18)13-7-5-12(3)6-8-13/h5-8,11H,9-10H2,1-4H3,(H,17,18). The highest BCUT2D eigenvalue weighted by molar-refractivity contribution is 7.90. The first-order valence-corrected chi connectivity index (χ1v) is 8.10. The third kappa shape index (κ3) is 4.44. The van der Waals surface area contributed by atoms with Gasteiger partial charge in [-0.3, -0.25) is 9.10 Å². The average molecular weight is 314 g/mol. The highest BCUT2D eigenvalue weighted by Gasteiger charge is 2.29. The highest BCUT2D eigenvalue weighted by atomic mass is 32.2. The van der Waals surface area contributed by atoms with Gasteiger partial charge in [-0.1, -0.05) is 17.7 Å². The number of rotatable bonds is 7. The van der Waals surface area contributed by atoms with Gasteiger partial charge >= 0.3 is 16.2 Å². The molecule has 21 heavy (non-hydrogen) atoms. The first-order valence-electron chi connectivity index (χ1n) is 6.70. The Morgan fingerprint density at radius 1 is 1.24 bits per heavy atom. The van der Waals surface area contributed by atoms with Crippen molar-refractivity contribution < 1.29 is 18.3 Å². The number of hydrogen-bond donors (Lipinski definition) is 1. The van der Waals surface area contributed by atoms with Crippen molar-refractivity contribution in [1.82, 2.24) is 4.31 Å². The number of aliphatic carboxylic acids is 1. The van der Waals surface area contributed by atoms with Gasteiger partial charge in [-0.05, 0) is 32.9 Å². The Balaban J connectivity index is 3.18. The van der Waals surface area contributed by atoms with Gasteiger partial charge in [0.2, 0.25) is 0 Å². The minimum Gasteiger partial charge on any atom is -0.481 e. The molecule has 0 amide bonds. The van der Waals surface area contributed by atoms with E-state index >= 15 is 0 Å². The second-order valence-corrected chi connectivity index (χ2v) is 7.08. The van der Waals surface area contributed by atoms with E-state index in [4.69, 9.17) is 5.11 Å². The molecule has 1 aromatic rings. The first kappa shape index (κ1) is 17.5. The van der Waals surface area contributed by atoms with Gasteiger partial charge in [0, 0.05) is 19.6 Å². The summed E-state index contributed by atoms with van der Waals surface area (Å²) < 4.78 is 27.6. The van der Waals surface area contributed by atoms with Crippen LogP contribution >= 0.6 is 0 Å². The summed E-state index contributed by atoms with van der Waals surface area (Å²) >= 11 is 0. The van der Waals surface area contributed by atoms with Crippen molar-refractivity contribution in [2.75, 3.05) is 17.9 Å². The molecule has 0 bridgehead atoms. The topological polar surface area (TPSA) is 77.9 Å². The van der Waals surface area contributed by atoms with Crippen LogP contribution in [-0.2, 0) is 15.0 Å². The van der Waals surface area contributed by atoms with E-state index in [1.54, 1.807) is 38.1 Å². The lowest BCUT2D eigenvalue weighted by molar-refractivity contribution is -0.136. The number of hydrogen-bond acceptors (Lipinski definition) is 3. The lowest BCUT2D eigenvalue weighted by atomic mass is 10.2. The lowest BCUT2D eigenvalue weighted by Gasteiger charge is -2.31. The van der Waals surface area contributed by atoms with Crippen LogP contribution in [0.1, 0.15) is 25.8 Å². The molecule has 0 spiro atoms. The zero-order chi connectivity index (χ0) is 16.2.